The number of nitrogens with zero attached hydrogens (tertiary/aromatic N) is 1. The second kappa shape index (κ2) is 4.49. The number of nitrogens with one attached hydrogen (secondary N) is 1. The third-order valence-electron chi connectivity index (χ3n) is 2.00. The van der Waals surface area contributed by atoms with E-state index >= 15 is 0 Å². The standard InChI is InChI=1S/C10H10ClFN2O/c11-8-5-7(12)1-2-9(8)15-6-10-13-3-4-14-10/h1-2,5H,3-4,6H2,(H,13,14). The molecule has 0 bridgehead atoms. The number of amidine groups is 1. The molecule has 0 saturated heterocycles. The molecule has 0 atom stereocenters. The van der Waals surface area contributed by atoms with Crippen molar-refractivity contribution in [3.05, 3.63) is 29.0 Å². The van der Waals surface area contributed by atoms with Gasteiger partial charge in [-0.25, -0.2) is 4.39 Å². The lowest BCUT2D eigenvalue weighted by molar-refractivity contribution is 0.373. The van der Waals surface area contributed by atoms with Gasteiger partial charge in [-0.3, -0.25) is 4.99 Å². The van der Waals surface area contributed by atoms with Crippen LogP contribution in [0.3, 0.4) is 0 Å². The van der Waals surface area contributed by atoms with Crippen LogP contribution in [0.15, 0.2) is 23.2 Å². The fourth-order valence-corrected chi connectivity index (χ4v) is 1.50. The molecular formula is C10H10ClFN2O. The maximum absolute atomic E-state index is 12.7. The number of hydrogen-bond acceptors (Lipinski definition) is 3. The summed E-state index contributed by atoms with van der Waals surface area (Å²) in [6.45, 7) is 1.96. The van der Waals surface area contributed by atoms with Crippen LogP contribution >= 0.6 is 11.6 Å². The first-order valence-corrected chi connectivity index (χ1v) is 4.98. The van der Waals surface area contributed by atoms with E-state index in [1.165, 1.54) is 18.2 Å². The first-order valence-electron chi connectivity index (χ1n) is 4.61. The fourth-order valence-electron chi connectivity index (χ4n) is 1.28. The van der Waals surface area contributed by atoms with Gasteiger partial charge in [-0.15, -0.1) is 0 Å². The van der Waals surface area contributed by atoms with Crippen LogP contribution in [0.25, 0.3) is 0 Å². The van der Waals surface area contributed by atoms with Crippen molar-refractivity contribution in [2.24, 2.45) is 4.99 Å². The van der Waals surface area contributed by atoms with E-state index in [0.29, 0.717) is 12.4 Å². The number of aliphatic imine (C=N–C) groups is 1. The first kappa shape index (κ1) is 10.2. The van der Waals surface area contributed by atoms with Crippen molar-refractivity contribution in [2.45, 2.75) is 0 Å². The summed E-state index contributed by atoms with van der Waals surface area (Å²) >= 11 is 5.79. The molecule has 1 heterocycles. The summed E-state index contributed by atoms with van der Waals surface area (Å²) in [6.07, 6.45) is 0. The van der Waals surface area contributed by atoms with Crippen molar-refractivity contribution in [3.63, 3.8) is 0 Å². The molecule has 2 rings (SSSR count). The molecular weight excluding hydrogens is 219 g/mol. The zero-order valence-corrected chi connectivity index (χ0v) is 8.72. The lowest BCUT2D eigenvalue weighted by Gasteiger charge is -2.07. The lowest BCUT2D eigenvalue weighted by atomic mass is 10.3. The van der Waals surface area contributed by atoms with Crippen LogP contribution in [-0.2, 0) is 0 Å². The second-order valence-electron chi connectivity index (χ2n) is 3.12. The van der Waals surface area contributed by atoms with Gasteiger partial charge in [0, 0.05) is 6.54 Å². The summed E-state index contributed by atoms with van der Waals surface area (Å²) in [6, 6.07) is 4.04. The Morgan fingerprint density at radius 2 is 2.40 bits per heavy atom. The third kappa shape index (κ3) is 2.59. The van der Waals surface area contributed by atoms with Crippen molar-refractivity contribution in [1.29, 1.82) is 0 Å². The smallest absolute Gasteiger partial charge is 0.145 e. The van der Waals surface area contributed by atoms with Gasteiger partial charge in [0.05, 0.1) is 11.6 Å². The predicted octanol–water partition coefficient (Wildman–Crippen LogP) is 1.86. The molecule has 0 unspecified atom stereocenters. The molecule has 1 aromatic carbocycles. The molecule has 80 valence electrons. The Balaban J connectivity index is 1.98. The molecule has 0 saturated carbocycles. The zero-order valence-electron chi connectivity index (χ0n) is 7.96. The monoisotopic (exact) mass is 228 g/mol. The van der Waals surface area contributed by atoms with Crippen molar-refractivity contribution < 1.29 is 9.13 Å². The maximum atomic E-state index is 12.7. The highest BCUT2D eigenvalue weighted by molar-refractivity contribution is 6.32. The van der Waals surface area contributed by atoms with Crippen LogP contribution in [0.2, 0.25) is 5.02 Å². The number of benzene rings is 1. The minimum absolute atomic E-state index is 0.272. The minimum atomic E-state index is -0.372. The highest BCUT2D eigenvalue weighted by Gasteiger charge is 2.07. The number of hydrogen-bond donors (Lipinski definition) is 1. The predicted molar refractivity (Wildman–Crippen MR) is 57.2 cm³/mol. The molecule has 3 nitrogen and oxygen atoms in total. The Morgan fingerprint density at radius 3 is 3.07 bits per heavy atom. The molecule has 0 spiro atoms. The average Bonchev–Trinajstić information content (AvgIpc) is 2.69. The fraction of sp³-hybridized carbons (Fsp3) is 0.300. The third-order valence-corrected chi connectivity index (χ3v) is 2.30. The van der Waals surface area contributed by atoms with E-state index in [0.717, 1.165) is 18.9 Å². The van der Waals surface area contributed by atoms with Gasteiger partial charge >= 0.3 is 0 Å². The Hall–Kier alpha value is -1.29. The van der Waals surface area contributed by atoms with Gasteiger partial charge in [-0.1, -0.05) is 11.6 Å². The van der Waals surface area contributed by atoms with Crippen LogP contribution in [0.5, 0.6) is 5.75 Å². The van der Waals surface area contributed by atoms with Gasteiger partial charge in [0.1, 0.15) is 24.0 Å². The Kier molecular flexibility index (Phi) is 3.06. The van der Waals surface area contributed by atoms with Crippen molar-refractivity contribution in [1.82, 2.24) is 5.32 Å². The molecule has 0 aromatic heterocycles. The first-order chi connectivity index (χ1) is 7.25. The molecule has 0 radical (unpaired) electrons. The van der Waals surface area contributed by atoms with E-state index in [1.54, 1.807) is 0 Å². The number of ether oxygens (including phenoxy) is 1. The van der Waals surface area contributed by atoms with Crippen molar-refractivity contribution in [2.75, 3.05) is 19.7 Å². The molecule has 1 aliphatic rings. The van der Waals surface area contributed by atoms with Crippen LogP contribution in [0.1, 0.15) is 0 Å². The van der Waals surface area contributed by atoms with Crippen LogP contribution < -0.4 is 10.1 Å². The Bertz CT molecular complexity index is 395. The van der Waals surface area contributed by atoms with Crippen LogP contribution in [-0.4, -0.2) is 25.5 Å². The molecule has 0 amide bonds. The van der Waals surface area contributed by atoms with E-state index in [1.807, 2.05) is 0 Å². The average molecular weight is 229 g/mol. The van der Waals surface area contributed by atoms with Crippen LogP contribution in [0, 0.1) is 5.82 Å². The summed E-state index contributed by atoms with van der Waals surface area (Å²) in [7, 11) is 0. The highest BCUT2D eigenvalue weighted by Crippen LogP contribution is 2.24. The summed E-state index contributed by atoms with van der Waals surface area (Å²) < 4.78 is 18.1. The normalized spacial score (nSPS) is 14.7. The quantitative estimate of drug-likeness (QED) is 0.857. The van der Waals surface area contributed by atoms with E-state index in [9.17, 15) is 4.39 Å². The van der Waals surface area contributed by atoms with Gasteiger partial charge in [-0.2, -0.15) is 0 Å². The SMILES string of the molecule is Fc1ccc(OCC2=NCCN2)c(Cl)c1. The zero-order chi connectivity index (χ0) is 10.7. The molecule has 5 heteroatoms. The van der Waals surface area contributed by atoms with Gasteiger partial charge < -0.3 is 10.1 Å². The van der Waals surface area contributed by atoms with Crippen LogP contribution in [0.4, 0.5) is 4.39 Å². The summed E-state index contributed by atoms with van der Waals surface area (Å²) in [4.78, 5) is 4.16. The van der Waals surface area contributed by atoms with Gasteiger partial charge in [0.25, 0.3) is 0 Å². The molecule has 1 N–H and O–H groups in total. The topological polar surface area (TPSA) is 33.6 Å². The molecule has 1 aliphatic heterocycles. The number of rotatable bonds is 3. The number of halogens is 2. The summed E-state index contributed by atoms with van der Waals surface area (Å²) in [5.74, 6) is 0.897. The van der Waals surface area contributed by atoms with E-state index in [-0.39, 0.29) is 10.8 Å². The van der Waals surface area contributed by atoms with Gasteiger partial charge in [-0.05, 0) is 18.2 Å². The van der Waals surface area contributed by atoms with E-state index in [2.05, 4.69) is 10.3 Å². The Morgan fingerprint density at radius 1 is 1.53 bits per heavy atom. The van der Waals surface area contributed by atoms with Crippen molar-refractivity contribution >= 4 is 17.4 Å². The summed E-state index contributed by atoms with van der Waals surface area (Å²) in [5, 5.41) is 3.34. The largest absolute Gasteiger partial charge is 0.484 e. The Labute approximate surface area is 91.9 Å². The second-order valence-corrected chi connectivity index (χ2v) is 3.53. The van der Waals surface area contributed by atoms with E-state index < -0.39 is 0 Å². The molecule has 0 aliphatic carbocycles. The molecule has 0 fully saturated rings. The minimum Gasteiger partial charge on any atom is -0.484 e. The lowest BCUT2D eigenvalue weighted by Crippen LogP contribution is -2.24. The molecule has 15 heavy (non-hydrogen) atoms. The van der Waals surface area contributed by atoms with Crippen molar-refractivity contribution in [3.8, 4) is 5.75 Å². The summed E-state index contributed by atoms with van der Waals surface area (Å²) in [5.41, 5.74) is 0. The molecule has 1 aromatic rings. The van der Waals surface area contributed by atoms with E-state index in [4.69, 9.17) is 16.3 Å². The van der Waals surface area contributed by atoms with Gasteiger partial charge in [0.15, 0.2) is 0 Å². The van der Waals surface area contributed by atoms with Gasteiger partial charge in [0.2, 0.25) is 0 Å². The highest BCUT2D eigenvalue weighted by atomic mass is 35.5. The maximum Gasteiger partial charge on any atom is 0.145 e.